The third-order valence-corrected chi connectivity index (χ3v) is 5.51. The van der Waals surface area contributed by atoms with Gasteiger partial charge in [-0.05, 0) is 28.8 Å². The zero-order chi connectivity index (χ0) is 29.1. The van der Waals surface area contributed by atoms with Crippen LogP contribution in [0.1, 0.15) is 16.7 Å². The van der Waals surface area contributed by atoms with Crippen molar-refractivity contribution in [1.29, 1.82) is 0 Å². The van der Waals surface area contributed by atoms with Crippen LogP contribution in [0, 0.1) is 0 Å². The first kappa shape index (κ1) is 34.8. The quantitative estimate of drug-likeness (QED) is 0.125. The van der Waals surface area contributed by atoms with Crippen molar-refractivity contribution in [3.8, 4) is 5.75 Å². The summed E-state index contributed by atoms with van der Waals surface area (Å²) in [6.07, 6.45) is 4.14. The van der Waals surface area contributed by atoms with E-state index >= 15 is 0 Å². The summed E-state index contributed by atoms with van der Waals surface area (Å²) in [5.74, 6) is 0.808. The molecule has 0 heterocycles. The molecule has 0 aliphatic heterocycles. The highest BCUT2D eigenvalue weighted by Crippen LogP contribution is 2.15. The summed E-state index contributed by atoms with van der Waals surface area (Å²) in [6, 6.07) is 16.2. The van der Waals surface area contributed by atoms with E-state index < -0.39 is 6.67 Å². The fourth-order valence-corrected chi connectivity index (χ4v) is 3.33. The highest BCUT2D eigenvalue weighted by molar-refractivity contribution is 5.69. The molecule has 0 aromatic heterocycles. The van der Waals surface area contributed by atoms with Crippen LogP contribution in [0.5, 0.6) is 5.75 Å². The van der Waals surface area contributed by atoms with Crippen molar-refractivity contribution < 1.29 is 42.3 Å². The second kappa shape index (κ2) is 25.3. The Labute approximate surface area is 243 Å². The Morgan fingerprint density at radius 1 is 0.463 bits per heavy atom. The van der Waals surface area contributed by atoms with Gasteiger partial charge in [0, 0.05) is 6.54 Å². The van der Waals surface area contributed by atoms with Gasteiger partial charge in [-0.3, -0.25) is 0 Å². The number of alkyl halides is 1. The summed E-state index contributed by atoms with van der Waals surface area (Å²) in [4.78, 5) is 0. The van der Waals surface area contributed by atoms with E-state index in [-0.39, 0.29) is 6.61 Å². The Bertz CT molecular complexity index is 883. The van der Waals surface area contributed by atoms with Crippen LogP contribution in [-0.4, -0.2) is 106 Å². The Morgan fingerprint density at radius 3 is 1.17 bits per heavy atom. The SMILES string of the molecule is NCc1ccc(C=Cc2ccc(OCCOCCOCCOCCOCCOCCOCCOCCF)cc2)cc1. The molecule has 0 radical (unpaired) electrons. The van der Waals surface area contributed by atoms with Crippen LogP contribution >= 0.6 is 0 Å². The first-order chi connectivity index (χ1) is 20.3. The van der Waals surface area contributed by atoms with Crippen LogP contribution in [0.3, 0.4) is 0 Å². The topological polar surface area (TPSA) is 99.9 Å². The van der Waals surface area contributed by atoms with Crippen molar-refractivity contribution in [3.63, 3.8) is 0 Å². The van der Waals surface area contributed by atoms with Crippen LogP contribution in [0.2, 0.25) is 0 Å². The van der Waals surface area contributed by atoms with Crippen molar-refractivity contribution in [3.05, 3.63) is 65.2 Å². The lowest BCUT2D eigenvalue weighted by molar-refractivity contribution is -0.0214. The number of ether oxygens (including phenoxy) is 8. The minimum atomic E-state index is -0.473. The molecule has 10 heteroatoms. The zero-order valence-electron chi connectivity index (χ0n) is 24.0. The maximum absolute atomic E-state index is 11.8. The van der Waals surface area contributed by atoms with Gasteiger partial charge >= 0.3 is 0 Å². The van der Waals surface area contributed by atoms with E-state index in [1.807, 2.05) is 36.4 Å². The van der Waals surface area contributed by atoms with Gasteiger partial charge in [-0.15, -0.1) is 0 Å². The summed E-state index contributed by atoms with van der Waals surface area (Å²) in [6.45, 7) is 6.94. The standard InChI is InChI=1S/C31H46FNO8/c32-11-12-34-13-14-35-15-16-36-17-18-37-19-20-38-21-22-39-23-24-40-25-26-41-31-9-7-29(8-10-31)2-1-28-3-5-30(27-33)6-4-28/h1-10H,11-27,33H2. The Morgan fingerprint density at radius 2 is 0.805 bits per heavy atom. The van der Waals surface area contributed by atoms with E-state index in [0.717, 1.165) is 22.4 Å². The molecule has 9 nitrogen and oxygen atoms in total. The molecule has 2 aromatic rings. The van der Waals surface area contributed by atoms with Gasteiger partial charge in [-0.1, -0.05) is 48.6 Å². The van der Waals surface area contributed by atoms with Crippen molar-refractivity contribution in [1.82, 2.24) is 0 Å². The van der Waals surface area contributed by atoms with Gasteiger partial charge in [-0.25, -0.2) is 4.39 Å². The van der Waals surface area contributed by atoms with Crippen molar-refractivity contribution in [2.75, 3.05) is 106 Å². The molecule has 0 aliphatic carbocycles. The number of hydrogen-bond acceptors (Lipinski definition) is 9. The molecule has 0 bridgehead atoms. The summed E-state index contributed by atoms with van der Waals surface area (Å²) in [7, 11) is 0. The van der Waals surface area contributed by atoms with Gasteiger partial charge in [0.2, 0.25) is 0 Å². The number of halogens is 1. The minimum Gasteiger partial charge on any atom is -0.491 e. The number of nitrogens with two attached hydrogens (primary N) is 1. The minimum absolute atomic E-state index is 0.115. The van der Waals surface area contributed by atoms with Gasteiger partial charge in [0.05, 0.1) is 92.5 Å². The van der Waals surface area contributed by atoms with E-state index in [9.17, 15) is 4.39 Å². The van der Waals surface area contributed by atoms with Crippen molar-refractivity contribution in [2.45, 2.75) is 6.54 Å². The van der Waals surface area contributed by atoms with E-state index in [4.69, 9.17) is 43.6 Å². The molecule has 2 rings (SSSR count). The predicted molar refractivity (Wildman–Crippen MR) is 157 cm³/mol. The molecule has 0 unspecified atom stereocenters. The van der Waals surface area contributed by atoms with Crippen LogP contribution < -0.4 is 10.5 Å². The molecule has 0 fully saturated rings. The Kier molecular flexibility index (Phi) is 21.5. The number of benzene rings is 2. The number of hydrogen-bond donors (Lipinski definition) is 1. The first-order valence-electron chi connectivity index (χ1n) is 14.1. The largest absolute Gasteiger partial charge is 0.491 e. The molecular formula is C31H46FNO8. The molecule has 0 spiro atoms. The molecule has 0 saturated carbocycles. The lowest BCUT2D eigenvalue weighted by Crippen LogP contribution is -2.15. The van der Waals surface area contributed by atoms with Crippen LogP contribution in [0.25, 0.3) is 12.2 Å². The lowest BCUT2D eigenvalue weighted by Gasteiger charge is -2.09. The van der Waals surface area contributed by atoms with Gasteiger partial charge in [0.25, 0.3) is 0 Å². The average Bonchev–Trinajstić information content (AvgIpc) is 3.01. The van der Waals surface area contributed by atoms with Gasteiger partial charge in [0.1, 0.15) is 19.0 Å². The lowest BCUT2D eigenvalue weighted by atomic mass is 10.1. The molecule has 0 atom stereocenters. The molecule has 0 aliphatic rings. The van der Waals surface area contributed by atoms with Crippen LogP contribution in [0.15, 0.2) is 48.5 Å². The van der Waals surface area contributed by atoms with E-state index in [2.05, 4.69) is 24.3 Å². The summed E-state index contributed by atoms with van der Waals surface area (Å²) in [5.41, 5.74) is 9.00. The predicted octanol–water partition coefficient (Wildman–Crippen LogP) is 3.78. The molecule has 2 N–H and O–H groups in total. The van der Waals surface area contributed by atoms with E-state index in [1.54, 1.807) is 0 Å². The number of rotatable bonds is 27. The normalized spacial score (nSPS) is 11.5. The maximum Gasteiger partial charge on any atom is 0.119 e. The third-order valence-electron chi connectivity index (χ3n) is 5.51. The van der Waals surface area contributed by atoms with Gasteiger partial charge in [0.15, 0.2) is 0 Å². The monoisotopic (exact) mass is 579 g/mol. The Balaban J connectivity index is 1.31. The summed E-state index contributed by atoms with van der Waals surface area (Å²) < 4.78 is 55.1. The fraction of sp³-hybridized carbons (Fsp3) is 0.548. The Hall–Kier alpha value is -2.41. The van der Waals surface area contributed by atoms with Crippen molar-refractivity contribution in [2.24, 2.45) is 5.73 Å². The second-order valence-corrected chi connectivity index (χ2v) is 8.67. The molecule has 41 heavy (non-hydrogen) atoms. The molecule has 2 aromatic carbocycles. The van der Waals surface area contributed by atoms with Gasteiger partial charge in [-0.2, -0.15) is 0 Å². The summed E-state index contributed by atoms with van der Waals surface area (Å²) in [5, 5.41) is 0. The second-order valence-electron chi connectivity index (χ2n) is 8.67. The van der Waals surface area contributed by atoms with Gasteiger partial charge < -0.3 is 43.6 Å². The maximum atomic E-state index is 11.8. The van der Waals surface area contributed by atoms with E-state index in [1.165, 1.54) is 0 Å². The highest BCUT2D eigenvalue weighted by Gasteiger charge is 1.97. The molecule has 230 valence electrons. The van der Waals surface area contributed by atoms with Crippen LogP contribution in [0.4, 0.5) is 4.39 Å². The fourth-order valence-electron chi connectivity index (χ4n) is 3.33. The third kappa shape index (κ3) is 19.4. The molecule has 0 saturated heterocycles. The smallest absolute Gasteiger partial charge is 0.119 e. The molecule has 0 amide bonds. The van der Waals surface area contributed by atoms with E-state index in [0.29, 0.717) is 99.0 Å². The average molecular weight is 580 g/mol. The first-order valence-corrected chi connectivity index (χ1v) is 14.1. The zero-order valence-corrected chi connectivity index (χ0v) is 24.0. The van der Waals surface area contributed by atoms with Crippen molar-refractivity contribution >= 4 is 12.2 Å². The highest BCUT2D eigenvalue weighted by atomic mass is 19.1. The summed E-state index contributed by atoms with van der Waals surface area (Å²) >= 11 is 0. The van der Waals surface area contributed by atoms with Crippen LogP contribution in [-0.2, 0) is 39.7 Å². The molecular weight excluding hydrogens is 533 g/mol.